The lowest BCUT2D eigenvalue weighted by Gasteiger charge is -2.16. The molecule has 0 unspecified atom stereocenters. The molecule has 0 atom stereocenters. The molecular weight excluding hydrogens is 336 g/mol. The molecule has 0 aliphatic carbocycles. The van der Waals surface area contributed by atoms with Gasteiger partial charge in [0, 0.05) is 23.8 Å². The van der Waals surface area contributed by atoms with Crippen LogP contribution in [0.4, 0.5) is 0 Å². The summed E-state index contributed by atoms with van der Waals surface area (Å²) in [6.07, 6.45) is 3.82. The first kappa shape index (κ1) is 17.8. The first-order valence-corrected chi connectivity index (χ1v) is 10.4. The number of rotatable bonds is 6. The van der Waals surface area contributed by atoms with Crippen molar-refractivity contribution in [1.82, 2.24) is 0 Å². The van der Waals surface area contributed by atoms with Gasteiger partial charge in [0.1, 0.15) is 21.3 Å². The van der Waals surface area contributed by atoms with Gasteiger partial charge in [-0.1, -0.05) is 18.2 Å². The number of para-hydroxylation sites is 1. The van der Waals surface area contributed by atoms with E-state index in [0.717, 1.165) is 39.3 Å². The van der Waals surface area contributed by atoms with Crippen molar-refractivity contribution in [3.8, 4) is 22.6 Å². The fraction of sp³-hybridized carbons (Fsp3) is 0.350. The van der Waals surface area contributed by atoms with Gasteiger partial charge in [0.15, 0.2) is 0 Å². The lowest BCUT2D eigenvalue weighted by atomic mass is 9.93. The molecule has 0 bridgehead atoms. The Bertz CT molecular complexity index is 862. The lowest BCUT2D eigenvalue weighted by Crippen LogP contribution is -2.08. The van der Waals surface area contributed by atoms with Gasteiger partial charge in [0.2, 0.25) is 0 Å². The zero-order valence-corrected chi connectivity index (χ0v) is 15.7. The van der Waals surface area contributed by atoms with E-state index in [0.29, 0.717) is 19.6 Å². The van der Waals surface area contributed by atoms with Crippen LogP contribution >= 0.6 is 0 Å². The predicted molar refractivity (Wildman–Crippen MR) is 100 cm³/mol. The van der Waals surface area contributed by atoms with Crippen molar-refractivity contribution >= 4 is 9.84 Å². The van der Waals surface area contributed by atoms with Crippen LogP contribution in [0.1, 0.15) is 23.1 Å². The minimum absolute atomic E-state index is 0.146. The average molecular weight is 359 g/mol. The second-order valence-electron chi connectivity index (χ2n) is 6.50. The lowest BCUT2D eigenvalue weighted by molar-refractivity contribution is 0.317. The summed E-state index contributed by atoms with van der Waals surface area (Å²) in [5.74, 6) is 1.86. The minimum Gasteiger partial charge on any atom is -0.494 e. The van der Waals surface area contributed by atoms with Gasteiger partial charge in [0.05, 0.1) is 19.0 Å². The van der Waals surface area contributed by atoms with Crippen molar-refractivity contribution in [2.75, 3.05) is 25.2 Å². The van der Waals surface area contributed by atoms with E-state index in [-0.39, 0.29) is 5.75 Å². The summed E-state index contributed by atoms with van der Waals surface area (Å²) in [5, 5.41) is 0. The van der Waals surface area contributed by atoms with Crippen molar-refractivity contribution in [3.05, 3.63) is 53.4 Å². The molecule has 3 rings (SSSR count). The molecule has 1 aliphatic rings. The second kappa shape index (κ2) is 7.08. The van der Waals surface area contributed by atoms with E-state index in [9.17, 15) is 8.42 Å². The number of aryl methyl sites for hydroxylation is 2. The summed E-state index contributed by atoms with van der Waals surface area (Å²) < 4.78 is 33.9. The Hall–Kier alpha value is -2.01. The zero-order valence-electron chi connectivity index (χ0n) is 14.8. The summed E-state index contributed by atoms with van der Waals surface area (Å²) in [6, 6.07) is 10.2. The summed E-state index contributed by atoms with van der Waals surface area (Å²) in [6.45, 7) is 5.13. The highest BCUT2D eigenvalue weighted by Gasteiger charge is 2.20. The van der Waals surface area contributed by atoms with Gasteiger partial charge in [-0.2, -0.15) is 0 Å². The van der Waals surface area contributed by atoms with Crippen LogP contribution in [0, 0.1) is 20.3 Å². The summed E-state index contributed by atoms with van der Waals surface area (Å²) >= 11 is 0. The van der Waals surface area contributed by atoms with Crippen molar-refractivity contribution in [2.24, 2.45) is 0 Å². The summed E-state index contributed by atoms with van der Waals surface area (Å²) in [4.78, 5) is 0. The van der Waals surface area contributed by atoms with E-state index in [1.54, 1.807) is 0 Å². The Morgan fingerprint density at radius 2 is 1.88 bits per heavy atom. The standard InChI is InChI=1S/C20H23O4S/c1-14-12-17(23-9-5-11-25(3,21)22)13-15(2)19(14)18-7-4-6-16-8-10-24-20(16)18/h4,6-8,12-13H,5,9-11H2,1-3H3. The Kier molecular flexibility index (Phi) is 5.04. The molecular formula is C20H23O4S. The number of sulfone groups is 1. The number of hydrogen-bond acceptors (Lipinski definition) is 4. The highest BCUT2D eigenvalue weighted by Crippen LogP contribution is 2.41. The largest absolute Gasteiger partial charge is 0.494 e. The van der Waals surface area contributed by atoms with Gasteiger partial charge in [-0.25, -0.2) is 8.42 Å². The molecule has 1 heterocycles. The van der Waals surface area contributed by atoms with Crippen molar-refractivity contribution < 1.29 is 17.9 Å². The van der Waals surface area contributed by atoms with Gasteiger partial charge < -0.3 is 9.47 Å². The molecule has 25 heavy (non-hydrogen) atoms. The van der Waals surface area contributed by atoms with Crippen molar-refractivity contribution in [1.29, 1.82) is 0 Å². The molecule has 0 amide bonds. The van der Waals surface area contributed by atoms with Crippen LogP contribution in [0.25, 0.3) is 11.1 Å². The van der Waals surface area contributed by atoms with E-state index >= 15 is 0 Å². The molecule has 0 N–H and O–H groups in total. The predicted octanol–water partition coefficient (Wildman–Crippen LogP) is 3.73. The van der Waals surface area contributed by atoms with Gasteiger partial charge >= 0.3 is 0 Å². The van der Waals surface area contributed by atoms with Crippen LogP contribution in [0.5, 0.6) is 11.5 Å². The third-order valence-electron chi connectivity index (χ3n) is 4.28. The molecule has 0 saturated carbocycles. The molecule has 1 aliphatic heterocycles. The maximum Gasteiger partial charge on any atom is 0.147 e. The molecule has 4 nitrogen and oxygen atoms in total. The highest BCUT2D eigenvalue weighted by atomic mass is 32.2. The molecule has 0 saturated heterocycles. The Balaban J connectivity index is 1.81. The first-order valence-electron chi connectivity index (χ1n) is 8.36. The molecule has 5 heteroatoms. The molecule has 0 fully saturated rings. The number of fused-ring (bicyclic) bond motifs is 1. The van der Waals surface area contributed by atoms with Gasteiger partial charge in [-0.05, 0) is 49.1 Å². The van der Waals surface area contributed by atoms with Crippen LogP contribution in [-0.4, -0.2) is 33.6 Å². The van der Waals surface area contributed by atoms with Crippen molar-refractivity contribution in [2.45, 2.75) is 20.3 Å². The smallest absolute Gasteiger partial charge is 0.147 e. The maximum atomic E-state index is 11.2. The normalized spacial score (nSPS) is 13.4. The monoisotopic (exact) mass is 359 g/mol. The zero-order chi connectivity index (χ0) is 18.0. The SMILES string of the molecule is Cc1cc(OCCCS(C)(=O)=O)cc(C)c1-c1cccc2c1OC[CH]2. The molecule has 1 radical (unpaired) electrons. The van der Waals surface area contributed by atoms with Crippen LogP contribution < -0.4 is 9.47 Å². The number of benzene rings is 2. The topological polar surface area (TPSA) is 52.6 Å². The van der Waals surface area contributed by atoms with Gasteiger partial charge in [0.25, 0.3) is 0 Å². The molecule has 0 aromatic heterocycles. The van der Waals surface area contributed by atoms with Crippen LogP contribution in [-0.2, 0) is 9.84 Å². The molecule has 0 spiro atoms. The minimum atomic E-state index is -2.94. The maximum absolute atomic E-state index is 11.2. The number of hydrogen-bond donors (Lipinski definition) is 0. The van der Waals surface area contributed by atoms with E-state index in [2.05, 4.69) is 32.4 Å². The first-order chi connectivity index (χ1) is 11.8. The fourth-order valence-electron chi connectivity index (χ4n) is 3.23. The fourth-order valence-corrected chi connectivity index (χ4v) is 3.87. The van der Waals surface area contributed by atoms with Crippen LogP contribution in [0.3, 0.4) is 0 Å². The Morgan fingerprint density at radius 3 is 2.56 bits per heavy atom. The third kappa shape index (κ3) is 4.15. The molecule has 2 aromatic rings. The molecule has 2 aromatic carbocycles. The quantitative estimate of drug-likeness (QED) is 0.738. The molecule has 133 valence electrons. The third-order valence-corrected chi connectivity index (χ3v) is 5.31. The summed E-state index contributed by atoms with van der Waals surface area (Å²) in [5.41, 5.74) is 5.63. The van der Waals surface area contributed by atoms with E-state index in [1.807, 2.05) is 18.2 Å². The van der Waals surface area contributed by atoms with E-state index < -0.39 is 9.84 Å². The Morgan fingerprint density at radius 1 is 1.16 bits per heavy atom. The second-order valence-corrected chi connectivity index (χ2v) is 8.76. The Labute approximate surface area is 149 Å². The summed E-state index contributed by atoms with van der Waals surface area (Å²) in [7, 11) is -2.94. The average Bonchev–Trinajstić information content (AvgIpc) is 2.99. The highest BCUT2D eigenvalue weighted by molar-refractivity contribution is 7.90. The van der Waals surface area contributed by atoms with Crippen LogP contribution in [0.15, 0.2) is 30.3 Å². The van der Waals surface area contributed by atoms with Gasteiger partial charge in [-0.15, -0.1) is 0 Å². The van der Waals surface area contributed by atoms with Crippen LogP contribution in [0.2, 0.25) is 0 Å². The number of ether oxygens (including phenoxy) is 2. The van der Waals surface area contributed by atoms with E-state index in [4.69, 9.17) is 9.47 Å². The van der Waals surface area contributed by atoms with Gasteiger partial charge in [-0.3, -0.25) is 0 Å². The van der Waals surface area contributed by atoms with Crippen molar-refractivity contribution in [3.63, 3.8) is 0 Å². The van der Waals surface area contributed by atoms with E-state index in [1.165, 1.54) is 6.26 Å².